The summed E-state index contributed by atoms with van der Waals surface area (Å²) in [5, 5.41) is 0. The van der Waals surface area contributed by atoms with E-state index >= 15 is 0 Å². The number of likely N-dealkylation sites (tertiary alicyclic amines) is 1. The minimum absolute atomic E-state index is 0.784. The number of hydrogen-bond acceptors (Lipinski definition) is 1. The van der Waals surface area contributed by atoms with E-state index in [1.54, 1.807) is 0 Å². The molecule has 0 N–H and O–H groups in total. The van der Waals surface area contributed by atoms with Crippen LogP contribution in [0.2, 0.25) is 0 Å². The third kappa shape index (κ3) is 1.52. The average molecular weight is 167 g/mol. The van der Waals surface area contributed by atoms with Gasteiger partial charge >= 0.3 is 0 Å². The number of rotatable bonds is 0. The van der Waals surface area contributed by atoms with Crippen molar-refractivity contribution in [3.8, 4) is 0 Å². The highest BCUT2D eigenvalue weighted by atomic mass is 15.1. The molecule has 1 saturated heterocycles. The van der Waals surface area contributed by atoms with E-state index in [9.17, 15) is 0 Å². The van der Waals surface area contributed by atoms with E-state index in [1.165, 1.54) is 45.2 Å². The Balaban J connectivity index is 1.95. The second kappa shape index (κ2) is 3.02. The Morgan fingerprint density at radius 2 is 1.83 bits per heavy atom. The van der Waals surface area contributed by atoms with Crippen LogP contribution in [0.25, 0.3) is 0 Å². The first-order valence-corrected chi connectivity index (χ1v) is 5.39. The molecule has 0 amide bonds. The first kappa shape index (κ1) is 8.55. The molecule has 0 radical (unpaired) electrons. The standard InChI is InChI=1S/C11H21N/c1-10-3-4-11(9-10)5-7-12(2)8-6-11/h10H,3-9H2,1-2H3/t10-/m1/s1. The zero-order chi connectivity index (χ0) is 8.60. The van der Waals surface area contributed by atoms with Gasteiger partial charge in [0.2, 0.25) is 0 Å². The third-order valence-corrected chi connectivity index (χ3v) is 4.00. The summed E-state index contributed by atoms with van der Waals surface area (Å²) >= 11 is 0. The molecule has 2 aliphatic rings. The molecule has 0 aromatic carbocycles. The van der Waals surface area contributed by atoms with Crippen molar-refractivity contribution in [2.24, 2.45) is 11.3 Å². The van der Waals surface area contributed by atoms with Crippen LogP contribution in [0, 0.1) is 11.3 Å². The summed E-state index contributed by atoms with van der Waals surface area (Å²) in [4.78, 5) is 2.48. The molecule has 1 atom stereocenters. The zero-order valence-electron chi connectivity index (χ0n) is 8.47. The lowest BCUT2D eigenvalue weighted by atomic mass is 9.76. The Bertz CT molecular complexity index is 156. The molecule has 1 heterocycles. The van der Waals surface area contributed by atoms with Crippen molar-refractivity contribution in [1.29, 1.82) is 0 Å². The van der Waals surface area contributed by atoms with Crippen LogP contribution in [0.5, 0.6) is 0 Å². The quantitative estimate of drug-likeness (QED) is 0.536. The summed E-state index contributed by atoms with van der Waals surface area (Å²) in [7, 11) is 2.26. The molecule has 0 bridgehead atoms. The minimum Gasteiger partial charge on any atom is -0.306 e. The van der Waals surface area contributed by atoms with Crippen molar-refractivity contribution in [2.75, 3.05) is 20.1 Å². The van der Waals surface area contributed by atoms with Crippen LogP contribution in [-0.2, 0) is 0 Å². The van der Waals surface area contributed by atoms with Gasteiger partial charge in [-0.3, -0.25) is 0 Å². The average Bonchev–Trinajstić information content (AvgIpc) is 2.40. The fourth-order valence-electron chi connectivity index (χ4n) is 3.04. The van der Waals surface area contributed by atoms with Crippen LogP contribution in [0.4, 0.5) is 0 Å². The van der Waals surface area contributed by atoms with Gasteiger partial charge in [0.05, 0.1) is 0 Å². The topological polar surface area (TPSA) is 3.24 Å². The van der Waals surface area contributed by atoms with Crippen molar-refractivity contribution < 1.29 is 0 Å². The Morgan fingerprint density at radius 3 is 2.33 bits per heavy atom. The summed E-state index contributed by atoms with van der Waals surface area (Å²) < 4.78 is 0. The second-order valence-corrected chi connectivity index (χ2v) is 5.15. The van der Waals surface area contributed by atoms with Gasteiger partial charge in [-0.25, -0.2) is 0 Å². The van der Waals surface area contributed by atoms with Gasteiger partial charge in [-0.05, 0) is 57.2 Å². The fourth-order valence-corrected chi connectivity index (χ4v) is 3.04. The molecule has 1 heteroatoms. The molecule has 2 fully saturated rings. The zero-order valence-corrected chi connectivity index (χ0v) is 8.47. The highest BCUT2D eigenvalue weighted by Gasteiger charge is 2.38. The van der Waals surface area contributed by atoms with Crippen molar-refractivity contribution in [2.45, 2.75) is 39.0 Å². The Hall–Kier alpha value is -0.0400. The summed E-state index contributed by atoms with van der Waals surface area (Å²) in [6.07, 6.45) is 7.45. The number of hydrogen-bond donors (Lipinski definition) is 0. The molecule has 1 aliphatic heterocycles. The predicted octanol–water partition coefficient (Wildman–Crippen LogP) is 2.52. The lowest BCUT2D eigenvalue weighted by Crippen LogP contribution is -2.36. The van der Waals surface area contributed by atoms with Crippen LogP contribution in [0.3, 0.4) is 0 Å². The van der Waals surface area contributed by atoms with E-state index in [4.69, 9.17) is 0 Å². The van der Waals surface area contributed by atoms with Gasteiger partial charge in [0.15, 0.2) is 0 Å². The number of nitrogens with zero attached hydrogens (tertiary/aromatic N) is 1. The molecule has 1 saturated carbocycles. The Labute approximate surface area is 76.1 Å². The maximum Gasteiger partial charge on any atom is -0.00165 e. The van der Waals surface area contributed by atoms with E-state index in [0.717, 1.165) is 11.3 Å². The van der Waals surface area contributed by atoms with Crippen molar-refractivity contribution >= 4 is 0 Å². The van der Waals surface area contributed by atoms with E-state index in [0.29, 0.717) is 0 Å². The maximum atomic E-state index is 2.48. The monoisotopic (exact) mass is 167 g/mol. The predicted molar refractivity (Wildman–Crippen MR) is 52.2 cm³/mol. The van der Waals surface area contributed by atoms with Crippen molar-refractivity contribution in [3.63, 3.8) is 0 Å². The molecular formula is C11H21N. The van der Waals surface area contributed by atoms with Crippen molar-refractivity contribution in [1.82, 2.24) is 4.90 Å². The molecule has 1 spiro atoms. The van der Waals surface area contributed by atoms with E-state index < -0.39 is 0 Å². The lowest BCUT2D eigenvalue weighted by Gasteiger charge is -2.38. The SMILES string of the molecule is C[C@@H]1CCC2(CCN(C)CC2)C1. The van der Waals surface area contributed by atoms with Crippen molar-refractivity contribution in [3.05, 3.63) is 0 Å². The van der Waals surface area contributed by atoms with Crippen LogP contribution < -0.4 is 0 Å². The van der Waals surface area contributed by atoms with Crippen LogP contribution in [0.1, 0.15) is 39.0 Å². The van der Waals surface area contributed by atoms with Gasteiger partial charge in [0, 0.05) is 0 Å². The molecule has 2 rings (SSSR count). The molecule has 0 aromatic heterocycles. The van der Waals surface area contributed by atoms with Crippen LogP contribution in [-0.4, -0.2) is 25.0 Å². The number of piperidine rings is 1. The Morgan fingerprint density at radius 1 is 1.17 bits per heavy atom. The first-order valence-electron chi connectivity index (χ1n) is 5.39. The van der Waals surface area contributed by atoms with E-state index in [1.807, 2.05) is 0 Å². The van der Waals surface area contributed by atoms with Gasteiger partial charge in [0.25, 0.3) is 0 Å². The van der Waals surface area contributed by atoms with E-state index in [-0.39, 0.29) is 0 Å². The highest BCUT2D eigenvalue weighted by Crippen LogP contribution is 2.48. The molecule has 0 aromatic rings. The molecule has 1 aliphatic carbocycles. The summed E-state index contributed by atoms with van der Waals surface area (Å²) in [6, 6.07) is 0. The highest BCUT2D eigenvalue weighted by molar-refractivity contribution is 4.91. The lowest BCUT2D eigenvalue weighted by molar-refractivity contribution is 0.124. The Kier molecular flexibility index (Phi) is 2.16. The third-order valence-electron chi connectivity index (χ3n) is 4.00. The summed E-state index contributed by atoms with van der Waals surface area (Å²) in [6.45, 7) is 5.10. The van der Waals surface area contributed by atoms with Gasteiger partial charge in [0.1, 0.15) is 0 Å². The molecule has 1 nitrogen and oxygen atoms in total. The maximum absolute atomic E-state index is 2.48. The smallest absolute Gasteiger partial charge is 0.00165 e. The normalized spacial score (nSPS) is 36.0. The van der Waals surface area contributed by atoms with Gasteiger partial charge in [-0.2, -0.15) is 0 Å². The second-order valence-electron chi connectivity index (χ2n) is 5.15. The fraction of sp³-hybridized carbons (Fsp3) is 1.00. The summed E-state index contributed by atoms with van der Waals surface area (Å²) in [5.74, 6) is 1.01. The molecule has 70 valence electrons. The molecule has 0 unspecified atom stereocenters. The van der Waals surface area contributed by atoms with Gasteiger partial charge in [-0.15, -0.1) is 0 Å². The molecular weight excluding hydrogens is 146 g/mol. The molecule has 12 heavy (non-hydrogen) atoms. The van der Waals surface area contributed by atoms with Crippen LogP contribution >= 0.6 is 0 Å². The minimum atomic E-state index is 0.784. The van der Waals surface area contributed by atoms with E-state index in [2.05, 4.69) is 18.9 Å². The van der Waals surface area contributed by atoms with Gasteiger partial charge in [-0.1, -0.05) is 13.3 Å². The van der Waals surface area contributed by atoms with Gasteiger partial charge < -0.3 is 4.90 Å². The first-order chi connectivity index (χ1) is 5.70. The summed E-state index contributed by atoms with van der Waals surface area (Å²) in [5.41, 5.74) is 0.784. The van der Waals surface area contributed by atoms with Crippen LogP contribution in [0.15, 0.2) is 0 Å². The largest absolute Gasteiger partial charge is 0.306 e.